The van der Waals surface area contributed by atoms with Crippen LogP contribution in [0.4, 0.5) is 0 Å². The van der Waals surface area contributed by atoms with Crippen LogP contribution in [0.15, 0.2) is 41.4 Å². The fraction of sp³-hybridized carbons (Fsp3) is 0.429. The number of piperidine rings is 1. The predicted molar refractivity (Wildman–Crippen MR) is 72.5 cm³/mol. The summed E-state index contributed by atoms with van der Waals surface area (Å²) in [6.45, 7) is 6.05. The molecule has 2 rings (SSSR count). The van der Waals surface area contributed by atoms with Crippen LogP contribution in [-0.2, 0) is 0 Å². The molecule has 1 saturated heterocycles. The van der Waals surface area contributed by atoms with Gasteiger partial charge in [0.1, 0.15) is 0 Å². The quantitative estimate of drug-likeness (QED) is 0.751. The molecule has 1 aliphatic rings. The average Bonchev–Trinajstić information content (AvgIpc) is 2.32. The van der Waals surface area contributed by atoms with Gasteiger partial charge in [-0.25, -0.2) is 0 Å². The van der Waals surface area contributed by atoms with E-state index in [4.69, 9.17) is 0 Å². The highest BCUT2D eigenvalue weighted by Gasteiger charge is 2.22. The van der Waals surface area contributed by atoms with E-state index < -0.39 is 0 Å². The summed E-state index contributed by atoms with van der Waals surface area (Å²) < 4.78 is 1.15. The third-order valence-corrected chi connectivity index (χ3v) is 3.76. The third-order valence-electron chi connectivity index (χ3n) is 3.23. The fourth-order valence-electron chi connectivity index (χ4n) is 2.44. The maximum absolute atomic E-state index is 3.85. The van der Waals surface area contributed by atoms with Crippen LogP contribution in [0.5, 0.6) is 0 Å². The number of rotatable bonds is 3. The zero-order valence-corrected chi connectivity index (χ0v) is 11.1. The molecule has 0 bridgehead atoms. The lowest BCUT2D eigenvalue weighted by atomic mass is 9.95. The van der Waals surface area contributed by atoms with Crippen molar-refractivity contribution in [2.75, 3.05) is 13.1 Å². The van der Waals surface area contributed by atoms with Crippen LogP contribution >= 0.6 is 15.9 Å². The van der Waals surface area contributed by atoms with Crippen LogP contribution in [0, 0.1) is 0 Å². The van der Waals surface area contributed by atoms with Gasteiger partial charge in [0, 0.05) is 17.1 Å². The Kier molecular flexibility index (Phi) is 4.19. The first-order valence-electron chi connectivity index (χ1n) is 5.91. The van der Waals surface area contributed by atoms with Gasteiger partial charge in [-0.3, -0.25) is 4.90 Å². The van der Waals surface area contributed by atoms with Gasteiger partial charge in [0.2, 0.25) is 0 Å². The summed E-state index contributed by atoms with van der Waals surface area (Å²) in [6.07, 6.45) is 5.95. The maximum Gasteiger partial charge on any atom is 0.0351 e. The minimum Gasteiger partial charge on any atom is -0.293 e. The molecule has 1 nitrogen and oxygen atoms in total. The van der Waals surface area contributed by atoms with E-state index in [0.717, 1.165) is 11.0 Å². The summed E-state index contributed by atoms with van der Waals surface area (Å²) in [7, 11) is 0. The van der Waals surface area contributed by atoms with Gasteiger partial charge in [-0.15, -0.1) is 6.58 Å². The van der Waals surface area contributed by atoms with Crippen molar-refractivity contribution >= 4 is 15.9 Å². The molecule has 2 heteroatoms. The maximum atomic E-state index is 3.85. The van der Waals surface area contributed by atoms with Crippen molar-refractivity contribution in [1.82, 2.24) is 4.90 Å². The lowest BCUT2D eigenvalue weighted by Crippen LogP contribution is -2.33. The van der Waals surface area contributed by atoms with Crippen molar-refractivity contribution in [3.05, 3.63) is 47.0 Å². The number of hydrogen-bond acceptors (Lipinski definition) is 1. The van der Waals surface area contributed by atoms with Crippen molar-refractivity contribution < 1.29 is 0 Å². The molecule has 1 atom stereocenters. The second-order valence-corrected chi connectivity index (χ2v) is 5.26. The molecule has 1 heterocycles. The monoisotopic (exact) mass is 279 g/mol. The summed E-state index contributed by atoms with van der Waals surface area (Å²) in [5, 5.41) is 0. The highest BCUT2D eigenvalue weighted by atomic mass is 79.9. The molecule has 0 N–H and O–H groups in total. The Labute approximate surface area is 106 Å². The van der Waals surface area contributed by atoms with Gasteiger partial charge in [0.15, 0.2) is 0 Å². The molecule has 1 aromatic rings. The van der Waals surface area contributed by atoms with Crippen LogP contribution in [0.1, 0.15) is 30.9 Å². The summed E-state index contributed by atoms with van der Waals surface area (Å²) in [5.41, 5.74) is 1.43. The number of hydrogen-bond donors (Lipinski definition) is 0. The lowest BCUT2D eigenvalue weighted by Gasteiger charge is -2.35. The zero-order valence-electron chi connectivity index (χ0n) is 9.53. The Morgan fingerprint density at radius 2 is 2.06 bits per heavy atom. The van der Waals surface area contributed by atoms with E-state index in [1.54, 1.807) is 0 Å². The van der Waals surface area contributed by atoms with E-state index in [9.17, 15) is 0 Å². The Bertz CT molecular complexity index is 344. The summed E-state index contributed by atoms with van der Waals surface area (Å²) in [6, 6.07) is 9.32. The second-order valence-electron chi connectivity index (χ2n) is 4.35. The van der Waals surface area contributed by atoms with Gasteiger partial charge in [-0.2, -0.15) is 0 Å². The van der Waals surface area contributed by atoms with Crippen LogP contribution in [-0.4, -0.2) is 18.0 Å². The van der Waals surface area contributed by atoms with Gasteiger partial charge in [-0.05, 0) is 37.1 Å². The van der Waals surface area contributed by atoms with Crippen LogP contribution < -0.4 is 0 Å². The summed E-state index contributed by atoms with van der Waals surface area (Å²) in [5.74, 6) is 0. The molecule has 0 aliphatic carbocycles. The molecule has 0 unspecified atom stereocenters. The van der Waals surface area contributed by atoms with Crippen molar-refractivity contribution in [2.45, 2.75) is 25.3 Å². The molecule has 16 heavy (non-hydrogen) atoms. The standard InChI is InChI=1S/C14H18BrN/c1-2-10-16-11-4-3-5-14(16)12-6-8-13(15)9-7-12/h2,6-9,14H,1,3-5,10-11H2/t14-/m1/s1. The van der Waals surface area contributed by atoms with Gasteiger partial charge in [0.25, 0.3) is 0 Å². The van der Waals surface area contributed by atoms with Crippen LogP contribution in [0.25, 0.3) is 0 Å². The molecular formula is C14H18BrN. The summed E-state index contributed by atoms with van der Waals surface area (Å²) >= 11 is 3.49. The third kappa shape index (κ3) is 2.74. The highest BCUT2D eigenvalue weighted by Crippen LogP contribution is 2.31. The topological polar surface area (TPSA) is 3.24 Å². The fourth-order valence-corrected chi connectivity index (χ4v) is 2.70. The minimum absolute atomic E-state index is 0.583. The van der Waals surface area contributed by atoms with Gasteiger partial charge >= 0.3 is 0 Å². The molecule has 0 spiro atoms. The molecule has 1 aliphatic heterocycles. The Hall–Kier alpha value is -0.600. The van der Waals surface area contributed by atoms with E-state index >= 15 is 0 Å². The van der Waals surface area contributed by atoms with E-state index in [1.165, 1.54) is 31.4 Å². The molecule has 86 valence electrons. The highest BCUT2D eigenvalue weighted by molar-refractivity contribution is 9.10. The molecule has 0 aromatic heterocycles. The van der Waals surface area contributed by atoms with Gasteiger partial charge in [-0.1, -0.05) is 40.6 Å². The number of nitrogens with zero attached hydrogens (tertiary/aromatic N) is 1. The average molecular weight is 280 g/mol. The van der Waals surface area contributed by atoms with Crippen LogP contribution in [0.3, 0.4) is 0 Å². The second kappa shape index (κ2) is 5.65. The SMILES string of the molecule is C=CCN1CCCC[C@@H]1c1ccc(Br)cc1. The first-order chi connectivity index (χ1) is 7.81. The van der Waals surface area contributed by atoms with E-state index in [1.807, 2.05) is 6.08 Å². The molecular weight excluding hydrogens is 262 g/mol. The van der Waals surface area contributed by atoms with Crippen molar-refractivity contribution in [3.63, 3.8) is 0 Å². The first-order valence-corrected chi connectivity index (χ1v) is 6.71. The summed E-state index contributed by atoms with van der Waals surface area (Å²) in [4.78, 5) is 2.53. The molecule has 0 amide bonds. The Balaban J connectivity index is 2.15. The van der Waals surface area contributed by atoms with Crippen molar-refractivity contribution in [2.24, 2.45) is 0 Å². The van der Waals surface area contributed by atoms with Gasteiger partial charge < -0.3 is 0 Å². The molecule has 1 fully saturated rings. The zero-order chi connectivity index (χ0) is 11.4. The van der Waals surface area contributed by atoms with Gasteiger partial charge in [0.05, 0.1) is 0 Å². The van der Waals surface area contributed by atoms with E-state index in [0.29, 0.717) is 6.04 Å². The van der Waals surface area contributed by atoms with Crippen molar-refractivity contribution in [3.8, 4) is 0 Å². The normalized spacial score (nSPS) is 21.9. The minimum atomic E-state index is 0.583. The van der Waals surface area contributed by atoms with Crippen molar-refractivity contribution in [1.29, 1.82) is 0 Å². The Morgan fingerprint density at radius 3 is 2.75 bits per heavy atom. The number of likely N-dealkylation sites (tertiary alicyclic amines) is 1. The van der Waals surface area contributed by atoms with Crippen LogP contribution in [0.2, 0.25) is 0 Å². The molecule has 0 radical (unpaired) electrons. The largest absolute Gasteiger partial charge is 0.293 e. The first kappa shape index (κ1) is 11.9. The number of halogens is 1. The Morgan fingerprint density at radius 1 is 1.31 bits per heavy atom. The lowest BCUT2D eigenvalue weighted by molar-refractivity contribution is 0.166. The number of benzene rings is 1. The van der Waals surface area contributed by atoms with E-state index in [-0.39, 0.29) is 0 Å². The smallest absolute Gasteiger partial charge is 0.0351 e. The predicted octanol–water partition coefficient (Wildman–Crippen LogP) is 4.16. The molecule has 0 saturated carbocycles. The van der Waals surface area contributed by atoms with E-state index in [2.05, 4.69) is 51.7 Å². The molecule has 1 aromatic carbocycles.